The molecule has 0 bridgehead atoms. The van der Waals surface area contributed by atoms with Crippen LogP contribution < -0.4 is 10.1 Å². The number of hydrogen-bond donors (Lipinski definition) is 1. The summed E-state index contributed by atoms with van der Waals surface area (Å²) in [6, 6.07) is 10.7. The number of benzene rings is 1. The summed E-state index contributed by atoms with van der Waals surface area (Å²) >= 11 is 1.63. The number of rotatable bonds is 5. The average molecular weight is 370 g/mol. The standard InChI is InChI=1S/C22H27NO2S/c1-25-19-17-11-8-12-18(17)26-20(19)21(24)23-15-22(13-6-3-7-14-22)16-9-4-2-5-10-16/h2,4-5,9-10H,3,6-8,11-15H2,1H3,(H,23,24). The van der Waals surface area contributed by atoms with Crippen molar-refractivity contribution in [1.82, 2.24) is 5.32 Å². The SMILES string of the molecule is COc1c(C(=O)NCC2(c3ccccc3)CCCCC2)sc2c1CCC2. The molecule has 1 heterocycles. The van der Waals surface area contributed by atoms with Gasteiger partial charge in [0.15, 0.2) is 0 Å². The summed E-state index contributed by atoms with van der Waals surface area (Å²) < 4.78 is 5.60. The van der Waals surface area contributed by atoms with Gasteiger partial charge in [-0.2, -0.15) is 0 Å². The minimum atomic E-state index is 0.0297. The zero-order valence-corrected chi connectivity index (χ0v) is 16.3. The lowest BCUT2D eigenvalue weighted by Crippen LogP contribution is -2.42. The Hall–Kier alpha value is -1.81. The van der Waals surface area contributed by atoms with Gasteiger partial charge in [-0.1, -0.05) is 49.6 Å². The Bertz CT molecular complexity index is 775. The van der Waals surface area contributed by atoms with Crippen LogP contribution in [0.15, 0.2) is 30.3 Å². The van der Waals surface area contributed by atoms with Gasteiger partial charge in [0.1, 0.15) is 10.6 Å². The zero-order chi connectivity index (χ0) is 18.0. The van der Waals surface area contributed by atoms with Gasteiger partial charge in [-0.25, -0.2) is 0 Å². The fraction of sp³-hybridized carbons (Fsp3) is 0.500. The van der Waals surface area contributed by atoms with Crippen LogP contribution in [0, 0.1) is 0 Å². The summed E-state index contributed by atoms with van der Waals surface area (Å²) in [7, 11) is 1.68. The van der Waals surface area contributed by atoms with Gasteiger partial charge in [0.05, 0.1) is 7.11 Å². The van der Waals surface area contributed by atoms with E-state index in [0.717, 1.165) is 36.3 Å². The predicted octanol–water partition coefficient (Wildman–Crippen LogP) is 4.88. The normalized spacial score (nSPS) is 18.3. The van der Waals surface area contributed by atoms with Crippen LogP contribution in [0.5, 0.6) is 5.75 Å². The molecule has 0 atom stereocenters. The van der Waals surface area contributed by atoms with Crippen LogP contribution in [0.1, 0.15) is 64.2 Å². The summed E-state index contributed by atoms with van der Waals surface area (Å²) in [5.74, 6) is 0.847. The molecule has 138 valence electrons. The minimum Gasteiger partial charge on any atom is -0.495 e. The van der Waals surface area contributed by atoms with Crippen molar-refractivity contribution >= 4 is 17.2 Å². The number of ether oxygens (including phenoxy) is 1. The van der Waals surface area contributed by atoms with Crippen LogP contribution in [0.2, 0.25) is 0 Å². The van der Waals surface area contributed by atoms with Gasteiger partial charge in [0.25, 0.3) is 5.91 Å². The Labute approximate surface area is 159 Å². The molecule has 3 nitrogen and oxygen atoms in total. The third-order valence-electron chi connectivity index (χ3n) is 6.07. The van der Waals surface area contributed by atoms with Gasteiger partial charge in [-0.05, 0) is 37.7 Å². The Morgan fingerprint density at radius 1 is 1.12 bits per heavy atom. The van der Waals surface area contributed by atoms with Crippen molar-refractivity contribution in [3.63, 3.8) is 0 Å². The van der Waals surface area contributed by atoms with E-state index in [1.807, 2.05) is 0 Å². The van der Waals surface area contributed by atoms with Crippen molar-refractivity contribution in [2.45, 2.75) is 56.8 Å². The Balaban J connectivity index is 1.54. The molecule has 2 aliphatic rings. The van der Waals surface area contributed by atoms with Gasteiger partial charge in [-0.3, -0.25) is 4.79 Å². The lowest BCUT2D eigenvalue weighted by Gasteiger charge is -2.38. The topological polar surface area (TPSA) is 38.3 Å². The molecule has 0 spiro atoms. The molecule has 1 saturated carbocycles. The average Bonchev–Trinajstić information content (AvgIpc) is 3.28. The second-order valence-electron chi connectivity index (χ2n) is 7.61. The van der Waals surface area contributed by atoms with Crippen LogP contribution in [-0.4, -0.2) is 19.6 Å². The van der Waals surface area contributed by atoms with E-state index in [1.165, 1.54) is 41.7 Å². The van der Waals surface area contributed by atoms with Crippen molar-refractivity contribution in [2.24, 2.45) is 0 Å². The summed E-state index contributed by atoms with van der Waals surface area (Å²) in [5.41, 5.74) is 2.70. The molecular formula is C22H27NO2S. The van der Waals surface area contributed by atoms with E-state index in [4.69, 9.17) is 4.74 Å². The number of carbonyl (C=O) groups is 1. The lowest BCUT2D eigenvalue weighted by molar-refractivity contribution is 0.0938. The first kappa shape index (κ1) is 17.6. The highest BCUT2D eigenvalue weighted by molar-refractivity contribution is 7.14. The number of aryl methyl sites for hydroxylation is 1. The Morgan fingerprint density at radius 3 is 2.62 bits per heavy atom. The van der Waals surface area contributed by atoms with Gasteiger partial charge in [-0.15, -0.1) is 11.3 Å². The van der Waals surface area contributed by atoms with Gasteiger partial charge in [0.2, 0.25) is 0 Å². The van der Waals surface area contributed by atoms with Crippen LogP contribution in [-0.2, 0) is 18.3 Å². The highest BCUT2D eigenvalue weighted by Gasteiger charge is 2.35. The fourth-order valence-corrected chi connectivity index (χ4v) is 5.93. The second kappa shape index (κ2) is 7.43. The molecule has 1 amide bonds. The first-order chi connectivity index (χ1) is 12.7. The molecule has 0 saturated heterocycles. The smallest absolute Gasteiger partial charge is 0.265 e. The number of methoxy groups -OCH3 is 1. The molecule has 0 unspecified atom stereocenters. The summed E-state index contributed by atoms with van der Waals surface area (Å²) in [6.07, 6.45) is 9.37. The largest absolute Gasteiger partial charge is 0.495 e. The van der Waals surface area contributed by atoms with E-state index in [-0.39, 0.29) is 11.3 Å². The first-order valence-electron chi connectivity index (χ1n) is 9.76. The molecular weight excluding hydrogens is 342 g/mol. The molecule has 1 N–H and O–H groups in total. The maximum absolute atomic E-state index is 13.0. The molecule has 1 fully saturated rings. The number of nitrogens with one attached hydrogen (secondary N) is 1. The molecule has 4 rings (SSSR count). The molecule has 26 heavy (non-hydrogen) atoms. The van der Waals surface area contributed by atoms with Crippen molar-refractivity contribution in [3.05, 3.63) is 51.2 Å². The summed E-state index contributed by atoms with van der Waals surface area (Å²) in [4.78, 5) is 15.1. The van der Waals surface area contributed by atoms with Crippen molar-refractivity contribution in [3.8, 4) is 5.75 Å². The number of carbonyl (C=O) groups excluding carboxylic acids is 1. The molecule has 0 aliphatic heterocycles. The summed E-state index contributed by atoms with van der Waals surface area (Å²) in [5, 5.41) is 3.26. The van der Waals surface area contributed by atoms with E-state index in [0.29, 0.717) is 6.54 Å². The quantitative estimate of drug-likeness (QED) is 0.816. The molecule has 1 aromatic carbocycles. The third-order valence-corrected chi connectivity index (χ3v) is 7.34. The number of hydrogen-bond acceptors (Lipinski definition) is 3. The van der Waals surface area contributed by atoms with Gasteiger partial charge < -0.3 is 10.1 Å². The van der Waals surface area contributed by atoms with E-state index in [2.05, 4.69) is 35.6 Å². The van der Waals surface area contributed by atoms with E-state index in [9.17, 15) is 4.79 Å². The van der Waals surface area contributed by atoms with Crippen LogP contribution in [0.4, 0.5) is 0 Å². The Morgan fingerprint density at radius 2 is 1.88 bits per heavy atom. The molecule has 2 aliphatic carbocycles. The van der Waals surface area contributed by atoms with Crippen molar-refractivity contribution in [1.29, 1.82) is 0 Å². The minimum absolute atomic E-state index is 0.0297. The Kier molecular flexibility index (Phi) is 5.03. The maximum atomic E-state index is 13.0. The highest BCUT2D eigenvalue weighted by atomic mass is 32.1. The van der Waals surface area contributed by atoms with Crippen LogP contribution >= 0.6 is 11.3 Å². The molecule has 1 aromatic heterocycles. The van der Waals surface area contributed by atoms with Crippen molar-refractivity contribution in [2.75, 3.05) is 13.7 Å². The highest BCUT2D eigenvalue weighted by Crippen LogP contribution is 2.42. The molecule has 2 aromatic rings. The number of thiophene rings is 1. The molecule has 0 radical (unpaired) electrons. The van der Waals surface area contributed by atoms with Crippen LogP contribution in [0.3, 0.4) is 0 Å². The summed E-state index contributed by atoms with van der Waals surface area (Å²) in [6.45, 7) is 0.710. The molecule has 4 heteroatoms. The first-order valence-corrected chi connectivity index (χ1v) is 10.6. The van der Waals surface area contributed by atoms with Gasteiger partial charge >= 0.3 is 0 Å². The van der Waals surface area contributed by atoms with Gasteiger partial charge in [0, 0.05) is 22.4 Å². The fourth-order valence-electron chi connectivity index (χ4n) is 4.66. The number of fused-ring (bicyclic) bond motifs is 1. The van der Waals surface area contributed by atoms with Crippen LogP contribution in [0.25, 0.3) is 0 Å². The second-order valence-corrected chi connectivity index (χ2v) is 8.71. The number of amides is 1. The monoisotopic (exact) mass is 369 g/mol. The van der Waals surface area contributed by atoms with Crippen molar-refractivity contribution < 1.29 is 9.53 Å². The predicted molar refractivity (Wildman–Crippen MR) is 106 cm³/mol. The van der Waals surface area contributed by atoms with E-state index in [1.54, 1.807) is 18.4 Å². The lowest BCUT2D eigenvalue weighted by atomic mass is 9.69. The van der Waals surface area contributed by atoms with E-state index >= 15 is 0 Å². The maximum Gasteiger partial charge on any atom is 0.265 e. The zero-order valence-electron chi connectivity index (χ0n) is 15.5. The van der Waals surface area contributed by atoms with E-state index < -0.39 is 0 Å². The third kappa shape index (κ3) is 3.16.